The number of halogens is 1. The summed E-state index contributed by atoms with van der Waals surface area (Å²) in [6.07, 6.45) is 3.17. The van der Waals surface area contributed by atoms with Crippen LogP contribution in [0, 0.1) is 5.92 Å². The van der Waals surface area contributed by atoms with E-state index in [9.17, 15) is 4.79 Å². The number of ether oxygens (including phenoxy) is 2. The second kappa shape index (κ2) is 5.14. The third-order valence-corrected chi connectivity index (χ3v) is 4.51. The molecule has 3 nitrogen and oxygen atoms in total. The smallest absolute Gasteiger partial charge is 0.311 e. The van der Waals surface area contributed by atoms with Crippen LogP contribution in [0.1, 0.15) is 30.7 Å². The molecule has 3 rings (SSSR count). The number of benzene rings is 1. The normalized spacial score (nSPS) is 33.2. The number of fused-ring (bicyclic) bond motifs is 2. The van der Waals surface area contributed by atoms with Crippen molar-refractivity contribution in [3.05, 3.63) is 34.9 Å². The molecular formula is C15H17ClO3. The molecular weight excluding hydrogens is 264 g/mol. The zero-order chi connectivity index (χ0) is 13.4. The third-order valence-electron chi connectivity index (χ3n) is 4.26. The first-order valence-corrected chi connectivity index (χ1v) is 7.05. The van der Waals surface area contributed by atoms with Crippen LogP contribution in [0.3, 0.4) is 0 Å². The topological polar surface area (TPSA) is 35.5 Å². The summed E-state index contributed by atoms with van der Waals surface area (Å²) in [5, 5.41) is 0.716. The Bertz CT molecular complexity index is 471. The second-order valence-corrected chi connectivity index (χ2v) is 5.75. The van der Waals surface area contributed by atoms with Crippen LogP contribution in [-0.4, -0.2) is 25.3 Å². The van der Waals surface area contributed by atoms with Gasteiger partial charge in [-0.3, -0.25) is 4.79 Å². The van der Waals surface area contributed by atoms with Crippen LogP contribution in [0.2, 0.25) is 5.02 Å². The molecule has 1 aromatic carbocycles. The highest BCUT2D eigenvalue weighted by Gasteiger charge is 2.47. The lowest BCUT2D eigenvalue weighted by molar-refractivity contribution is -0.156. The maximum atomic E-state index is 12.1. The van der Waals surface area contributed by atoms with Gasteiger partial charge in [0.25, 0.3) is 0 Å². The van der Waals surface area contributed by atoms with Crippen LogP contribution >= 0.6 is 11.6 Å². The number of hydrogen-bond acceptors (Lipinski definition) is 3. The van der Waals surface area contributed by atoms with Gasteiger partial charge < -0.3 is 9.47 Å². The number of hydrogen-bond donors (Lipinski definition) is 0. The van der Waals surface area contributed by atoms with Gasteiger partial charge in [-0.1, -0.05) is 23.7 Å². The van der Waals surface area contributed by atoms with Gasteiger partial charge >= 0.3 is 5.97 Å². The summed E-state index contributed by atoms with van der Waals surface area (Å²) >= 11 is 5.93. The first-order chi connectivity index (χ1) is 9.19. The van der Waals surface area contributed by atoms with Crippen LogP contribution in [0.4, 0.5) is 0 Å². The summed E-state index contributed by atoms with van der Waals surface area (Å²) in [6.45, 7) is 0. The number of carbonyl (C=O) groups is 1. The van der Waals surface area contributed by atoms with E-state index in [0.717, 1.165) is 24.8 Å². The Kier molecular flexibility index (Phi) is 3.50. The molecule has 0 aliphatic carbocycles. The molecule has 4 atom stereocenters. The summed E-state index contributed by atoms with van der Waals surface area (Å²) in [6, 6.07) is 7.77. The fourth-order valence-electron chi connectivity index (χ4n) is 3.37. The van der Waals surface area contributed by atoms with Gasteiger partial charge in [-0.15, -0.1) is 0 Å². The number of esters is 1. The van der Waals surface area contributed by atoms with E-state index in [-0.39, 0.29) is 30.0 Å². The van der Waals surface area contributed by atoms with E-state index in [2.05, 4.69) is 0 Å². The Morgan fingerprint density at radius 1 is 1.32 bits per heavy atom. The molecule has 0 amide bonds. The lowest BCUT2D eigenvalue weighted by Crippen LogP contribution is -2.39. The van der Waals surface area contributed by atoms with E-state index in [4.69, 9.17) is 21.1 Å². The summed E-state index contributed by atoms with van der Waals surface area (Å²) in [5.41, 5.74) is 1.15. The summed E-state index contributed by atoms with van der Waals surface area (Å²) < 4.78 is 10.9. The lowest BCUT2D eigenvalue weighted by atomic mass is 9.79. The molecule has 0 saturated carbocycles. The lowest BCUT2D eigenvalue weighted by Gasteiger charge is -2.35. The number of rotatable bonds is 2. The highest BCUT2D eigenvalue weighted by atomic mass is 35.5. The molecule has 0 unspecified atom stereocenters. The molecule has 2 heterocycles. The average Bonchev–Trinajstić information content (AvgIpc) is 2.80. The molecule has 0 spiro atoms. The Labute approximate surface area is 117 Å². The van der Waals surface area contributed by atoms with Crippen molar-refractivity contribution in [2.75, 3.05) is 7.11 Å². The Morgan fingerprint density at radius 3 is 2.74 bits per heavy atom. The van der Waals surface area contributed by atoms with E-state index in [1.165, 1.54) is 7.11 Å². The molecule has 19 heavy (non-hydrogen) atoms. The maximum Gasteiger partial charge on any atom is 0.311 e. The molecule has 2 bridgehead atoms. The van der Waals surface area contributed by atoms with Crippen molar-refractivity contribution >= 4 is 17.6 Å². The molecule has 2 fully saturated rings. The molecule has 0 N–H and O–H groups in total. The zero-order valence-corrected chi connectivity index (χ0v) is 11.6. The van der Waals surface area contributed by atoms with E-state index in [1.54, 1.807) is 0 Å². The minimum atomic E-state index is -0.190. The highest BCUT2D eigenvalue weighted by Crippen LogP contribution is 2.45. The second-order valence-electron chi connectivity index (χ2n) is 5.32. The predicted molar refractivity (Wildman–Crippen MR) is 72.2 cm³/mol. The molecule has 102 valence electrons. The number of carbonyl (C=O) groups excluding carboxylic acids is 1. The van der Waals surface area contributed by atoms with Crippen LogP contribution in [0.15, 0.2) is 24.3 Å². The highest BCUT2D eigenvalue weighted by molar-refractivity contribution is 6.30. The van der Waals surface area contributed by atoms with Crippen LogP contribution in [-0.2, 0) is 14.3 Å². The minimum Gasteiger partial charge on any atom is -0.469 e. The molecule has 0 radical (unpaired) electrons. The molecule has 1 aromatic rings. The minimum absolute atomic E-state index is 0.00637. The third kappa shape index (κ3) is 2.37. The van der Waals surface area contributed by atoms with Gasteiger partial charge in [0.1, 0.15) is 0 Å². The van der Waals surface area contributed by atoms with Gasteiger partial charge in [0.15, 0.2) is 0 Å². The molecule has 4 heteroatoms. The molecule has 2 aliphatic heterocycles. The van der Waals surface area contributed by atoms with Gasteiger partial charge in [0, 0.05) is 10.9 Å². The van der Waals surface area contributed by atoms with Gasteiger partial charge in [-0.05, 0) is 37.0 Å². The van der Waals surface area contributed by atoms with Gasteiger partial charge in [-0.25, -0.2) is 0 Å². The van der Waals surface area contributed by atoms with Crippen molar-refractivity contribution in [2.24, 2.45) is 5.92 Å². The van der Waals surface area contributed by atoms with Crippen molar-refractivity contribution < 1.29 is 14.3 Å². The number of methoxy groups -OCH3 is 1. The Morgan fingerprint density at radius 2 is 2.05 bits per heavy atom. The quantitative estimate of drug-likeness (QED) is 0.781. The zero-order valence-electron chi connectivity index (χ0n) is 10.8. The summed E-state index contributed by atoms with van der Waals surface area (Å²) in [5.74, 6) is -0.175. The van der Waals surface area contributed by atoms with Crippen molar-refractivity contribution in [3.8, 4) is 0 Å². The standard InChI is InChI=1S/C15H17ClO3/c1-18-15(17)14-12(8-11-6-7-13(14)19-11)9-2-4-10(16)5-3-9/h2-5,11-14H,6-8H2,1H3/t11-,12+,13+,14-/m0/s1. The van der Waals surface area contributed by atoms with Crippen LogP contribution in [0.5, 0.6) is 0 Å². The van der Waals surface area contributed by atoms with Crippen molar-refractivity contribution in [3.63, 3.8) is 0 Å². The van der Waals surface area contributed by atoms with Crippen molar-refractivity contribution in [1.29, 1.82) is 0 Å². The monoisotopic (exact) mass is 280 g/mol. The van der Waals surface area contributed by atoms with E-state index < -0.39 is 0 Å². The van der Waals surface area contributed by atoms with Gasteiger partial charge in [-0.2, -0.15) is 0 Å². The largest absolute Gasteiger partial charge is 0.469 e. The summed E-state index contributed by atoms with van der Waals surface area (Å²) in [4.78, 5) is 12.1. The Balaban J connectivity index is 1.92. The van der Waals surface area contributed by atoms with E-state index in [1.807, 2.05) is 24.3 Å². The van der Waals surface area contributed by atoms with E-state index >= 15 is 0 Å². The SMILES string of the molecule is COC(=O)[C@H]1[C@@H](c2ccc(Cl)cc2)C[C@@H]2CC[C@H]1O2. The molecule has 0 aromatic heterocycles. The maximum absolute atomic E-state index is 12.1. The fourth-order valence-corrected chi connectivity index (χ4v) is 3.49. The first-order valence-electron chi connectivity index (χ1n) is 6.68. The van der Waals surface area contributed by atoms with Crippen LogP contribution < -0.4 is 0 Å². The summed E-state index contributed by atoms with van der Waals surface area (Å²) in [7, 11) is 1.45. The molecule has 2 aliphatic rings. The average molecular weight is 281 g/mol. The molecule has 2 saturated heterocycles. The first kappa shape index (κ1) is 12.9. The van der Waals surface area contributed by atoms with Crippen molar-refractivity contribution in [2.45, 2.75) is 37.4 Å². The van der Waals surface area contributed by atoms with Gasteiger partial charge in [0.2, 0.25) is 0 Å². The predicted octanol–water partition coefficient (Wildman–Crippen LogP) is 3.16. The van der Waals surface area contributed by atoms with E-state index in [0.29, 0.717) is 5.02 Å². The van der Waals surface area contributed by atoms with Gasteiger partial charge in [0.05, 0.1) is 25.2 Å². The van der Waals surface area contributed by atoms with Crippen molar-refractivity contribution in [1.82, 2.24) is 0 Å². The Hall–Kier alpha value is -1.06. The fraction of sp³-hybridized carbons (Fsp3) is 0.533. The van der Waals surface area contributed by atoms with Crippen LogP contribution in [0.25, 0.3) is 0 Å².